The van der Waals surface area contributed by atoms with Crippen LogP contribution in [0.3, 0.4) is 0 Å². The lowest BCUT2D eigenvalue weighted by molar-refractivity contribution is -0.124. The maximum Gasteiger partial charge on any atom is 0.258 e. The van der Waals surface area contributed by atoms with E-state index in [0.29, 0.717) is 24.7 Å². The quantitative estimate of drug-likeness (QED) is 0.757. The summed E-state index contributed by atoms with van der Waals surface area (Å²) in [5.41, 5.74) is 2.36. The average Bonchev–Trinajstić information content (AvgIpc) is 2.72. The van der Waals surface area contributed by atoms with Crippen LogP contribution in [0.25, 0.3) is 0 Å². The molecule has 0 radical (unpaired) electrons. The molecule has 0 aliphatic carbocycles. The van der Waals surface area contributed by atoms with E-state index >= 15 is 0 Å². The molecular weight excluding hydrogens is 356 g/mol. The van der Waals surface area contributed by atoms with Crippen LogP contribution in [0.1, 0.15) is 11.1 Å². The molecular formula is C22H28N2O4. The van der Waals surface area contributed by atoms with Crippen LogP contribution in [0.2, 0.25) is 0 Å². The Kier molecular flexibility index (Phi) is 7.28. The van der Waals surface area contributed by atoms with Gasteiger partial charge in [-0.2, -0.15) is 0 Å². The van der Waals surface area contributed by atoms with E-state index in [-0.39, 0.29) is 18.6 Å². The number of carbonyl (C=O) groups excluding carboxylic acids is 1. The summed E-state index contributed by atoms with van der Waals surface area (Å²) in [6.45, 7) is 5.65. The van der Waals surface area contributed by atoms with Gasteiger partial charge in [0.2, 0.25) is 0 Å². The smallest absolute Gasteiger partial charge is 0.258 e. The fraction of sp³-hybridized carbons (Fsp3) is 0.409. The third kappa shape index (κ3) is 5.97. The summed E-state index contributed by atoms with van der Waals surface area (Å²) in [4.78, 5) is 14.5. The molecule has 1 amide bonds. The summed E-state index contributed by atoms with van der Waals surface area (Å²) < 4.78 is 16.7. The number of ether oxygens (including phenoxy) is 3. The van der Waals surface area contributed by atoms with Gasteiger partial charge in [-0.3, -0.25) is 9.69 Å². The molecule has 1 aliphatic heterocycles. The molecule has 28 heavy (non-hydrogen) atoms. The maximum atomic E-state index is 12.2. The lowest BCUT2D eigenvalue weighted by atomic mass is 10.2. The number of benzene rings is 2. The van der Waals surface area contributed by atoms with Gasteiger partial charge in [-0.25, -0.2) is 0 Å². The van der Waals surface area contributed by atoms with Gasteiger partial charge in [0.15, 0.2) is 18.1 Å². The molecule has 1 saturated heterocycles. The minimum absolute atomic E-state index is 0.0182. The topological polar surface area (TPSA) is 60.0 Å². The second-order valence-corrected chi connectivity index (χ2v) is 6.96. The van der Waals surface area contributed by atoms with Crippen molar-refractivity contribution in [3.05, 3.63) is 59.7 Å². The Morgan fingerprint density at radius 2 is 2.04 bits per heavy atom. The van der Waals surface area contributed by atoms with Crippen LogP contribution in [-0.2, 0) is 16.1 Å². The number of morpholine rings is 1. The van der Waals surface area contributed by atoms with Crippen LogP contribution in [0, 0.1) is 6.92 Å². The Balaban J connectivity index is 1.41. The Morgan fingerprint density at radius 3 is 2.82 bits per heavy atom. The van der Waals surface area contributed by atoms with Gasteiger partial charge in [0.25, 0.3) is 5.91 Å². The van der Waals surface area contributed by atoms with Crippen molar-refractivity contribution in [3.63, 3.8) is 0 Å². The molecule has 0 bridgehead atoms. The number of methoxy groups -OCH3 is 1. The third-order valence-electron chi connectivity index (χ3n) is 4.68. The average molecular weight is 384 g/mol. The van der Waals surface area contributed by atoms with Crippen molar-refractivity contribution in [2.24, 2.45) is 0 Å². The molecule has 1 fully saturated rings. The zero-order chi connectivity index (χ0) is 19.8. The Morgan fingerprint density at radius 1 is 1.21 bits per heavy atom. The van der Waals surface area contributed by atoms with E-state index in [9.17, 15) is 4.79 Å². The maximum absolute atomic E-state index is 12.2. The molecule has 1 heterocycles. The van der Waals surface area contributed by atoms with E-state index in [1.807, 2.05) is 31.2 Å². The summed E-state index contributed by atoms with van der Waals surface area (Å²) in [6, 6.07) is 16.0. The van der Waals surface area contributed by atoms with Crippen molar-refractivity contribution in [1.29, 1.82) is 0 Å². The van der Waals surface area contributed by atoms with Gasteiger partial charge >= 0.3 is 0 Å². The molecule has 1 N–H and O–H groups in total. The second-order valence-electron chi connectivity index (χ2n) is 6.96. The van der Waals surface area contributed by atoms with Crippen molar-refractivity contribution in [2.45, 2.75) is 19.6 Å². The van der Waals surface area contributed by atoms with E-state index in [2.05, 4.69) is 34.5 Å². The molecule has 0 aromatic heterocycles. The summed E-state index contributed by atoms with van der Waals surface area (Å²) >= 11 is 0. The van der Waals surface area contributed by atoms with E-state index in [1.54, 1.807) is 7.11 Å². The van der Waals surface area contributed by atoms with Gasteiger partial charge in [0.1, 0.15) is 0 Å². The summed E-state index contributed by atoms with van der Waals surface area (Å²) in [6.07, 6.45) is -0.0182. The number of rotatable bonds is 8. The van der Waals surface area contributed by atoms with Crippen LogP contribution in [0.5, 0.6) is 11.5 Å². The van der Waals surface area contributed by atoms with Crippen LogP contribution >= 0.6 is 0 Å². The predicted molar refractivity (Wildman–Crippen MR) is 108 cm³/mol. The molecule has 6 nitrogen and oxygen atoms in total. The number of amides is 1. The highest BCUT2D eigenvalue weighted by Gasteiger charge is 2.21. The first-order valence-corrected chi connectivity index (χ1v) is 9.56. The van der Waals surface area contributed by atoms with Gasteiger partial charge in [-0.1, -0.05) is 36.4 Å². The predicted octanol–water partition coefficient (Wildman–Crippen LogP) is 2.40. The summed E-state index contributed by atoms with van der Waals surface area (Å²) in [5, 5.41) is 2.90. The van der Waals surface area contributed by atoms with Crippen molar-refractivity contribution < 1.29 is 19.0 Å². The first kappa shape index (κ1) is 20.2. The van der Waals surface area contributed by atoms with Crippen LogP contribution in [-0.4, -0.2) is 56.9 Å². The van der Waals surface area contributed by atoms with Crippen molar-refractivity contribution in [1.82, 2.24) is 10.2 Å². The number of nitrogens with zero attached hydrogens (tertiary/aromatic N) is 1. The minimum atomic E-state index is -0.175. The molecule has 1 atom stereocenters. The Hall–Kier alpha value is -2.57. The molecule has 2 aromatic rings. The van der Waals surface area contributed by atoms with Crippen molar-refractivity contribution in [3.8, 4) is 11.5 Å². The first-order chi connectivity index (χ1) is 13.6. The van der Waals surface area contributed by atoms with E-state index in [0.717, 1.165) is 25.2 Å². The SMILES string of the molecule is COc1cc(C)ccc1OCC(=O)NCC1CN(Cc2ccccc2)CCO1. The summed E-state index contributed by atoms with van der Waals surface area (Å²) in [5.74, 6) is 1.01. The highest BCUT2D eigenvalue weighted by molar-refractivity contribution is 5.77. The summed E-state index contributed by atoms with van der Waals surface area (Å²) in [7, 11) is 1.59. The van der Waals surface area contributed by atoms with E-state index in [1.165, 1.54) is 5.56 Å². The van der Waals surface area contributed by atoms with Gasteiger partial charge in [0, 0.05) is 26.2 Å². The monoisotopic (exact) mass is 384 g/mol. The minimum Gasteiger partial charge on any atom is -0.493 e. The number of carbonyl (C=O) groups is 1. The molecule has 2 aromatic carbocycles. The Labute approximate surface area is 166 Å². The molecule has 0 spiro atoms. The fourth-order valence-corrected chi connectivity index (χ4v) is 3.21. The largest absolute Gasteiger partial charge is 0.493 e. The van der Waals surface area contributed by atoms with Crippen molar-refractivity contribution in [2.75, 3.05) is 40.0 Å². The van der Waals surface area contributed by atoms with Crippen LogP contribution in [0.15, 0.2) is 48.5 Å². The number of nitrogens with one attached hydrogen (secondary N) is 1. The van der Waals surface area contributed by atoms with Crippen LogP contribution < -0.4 is 14.8 Å². The standard InChI is InChI=1S/C22H28N2O4/c1-17-8-9-20(21(12-17)26-2)28-16-22(25)23-13-19-15-24(10-11-27-19)14-18-6-4-3-5-7-18/h3-9,12,19H,10-11,13-16H2,1-2H3,(H,23,25). The molecule has 6 heteroatoms. The highest BCUT2D eigenvalue weighted by Crippen LogP contribution is 2.27. The van der Waals surface area contributed by atoms with Gasteiger partial charge in [-0.05, 0) is 30.2 Å². The number of aryl methyl sites for hydroxylation is 1. The third-order valence-corrected chi connectivity index (χ3v) is 4.68. The Bertz CT molecular complexity index is 766. The van der Waals surface area contributed by atoms with Gasteiger partial charge < -0.3 is 19.5 Å². The number of hydrogen-bond acceptors (Lipinski definition) is 5. The van der Waals surface area contributed by atoms with Gasteiger partial charge in [-0.15, -0.1) is 0 Å². The molecule has 1 aliphatic rings. The molecule has 3 rings (SSSR count). The first-order valence-electron chi connectivity index (χ1n) is 9.56. The molecule has 1 unspecified atom stereocenters. The lowest BCUT2D eigenvalue weighted by Crippen LogP contribution is -2.47. The normalized spacial score (nSPS) is 17.1. The van der Waals surface area contributed by atoms with E-state index in [4.69, 9.17) is 14.2 Å². The van der Waals surface area contributed by atoms with E-state index < -0.39 is 0 Å². The number of hydrogen-bond donors (Lipinski definition) is 1. The lowest BCUT2D eigenvalue weighted by Gasteiger charge is -2.33. The zero-order valence-corrected chi connectivity index (χ0v) is 16.5. The molecule has 150 valence electrons. The molecule has 0 saturated carbocycles. The highest BCUT2D eigenvalue weighted by atomic mass is 16.5. The van der Waals surface area contributed by atoms with Crippen molar-refractivity contribution >= 4 is 5.91 Å². The van der Waals surface area contributed by atoms with Crippen LogP contribution in [0.4, 0.5) is 0 Å². The fourth-order valence-electron chi connectivity index (χ4n) is 3.21. The second kappa shape index (κ2) is 10.1. The zero-order valence-electron chi connectivity index (χ0n) is 16.5. The van der Waals surface area contributed by atoms with Gasteiger partial charge in [0.05, 0.1) is 19.8 Å².